The molecule has 2 aromatic rings. The minimum Gasteiger partial charge on any atom is -0.454 e. The summed E-state index contributed by atoms with van der Waals surface area (Å²) in [6.07, 6.45) is 0. The highest BCUT2D eigenvalue weighted by Crippen LogP contribution is 2.25. The van der Waals surface area contributed by atoms with Gasteiger partial charge in [0.25, 0.3) is 17.5 Å². The van der Waals surface area contributed by atoms with E-state index in [4.69, 9.17) is 4.74 Å². The van der Waals surface area contributed by atoms with Crippen molar-refractivity contribution in [1.82, 2.24) is 5.32 Å². The quantitative estimate of drug-likeness (QED) is 0.427. The highest BCUT2D eigenvalue weighted by molar-refractivity contribution is 5.97. The molecule has 0 radical (unpaired) electrons. The molecule has 0 saturated carbocycles. The van der Waals surface area contributed by atoms with E-state index in [9.17, 15) is 24.5 Å². The van der Waals surface area contributed by atoms with Crippen LogP contribution in [0.5, 0.6) is 0 Å². The van der Waals surface area contributed by atoms with E-state index in [0.29, 0.717) is 11.1 Å². The summed E-state index contributed by atoms with van der Waals surface area (Å²) in [5, 5.41) is 15.8. The van der Waals surface area contributed by atoms with Crippen molar-refractivity contribution in [3.63, 3.8) is 0 Å². The smallest absolute Gasteiger partial charge is 0.325 e. The molecule has 0 aliphatic heterocycles. The summed E-state index contributed by atoms with van der Waals surface area (Å²) in [5.41, 5.74) is 1.71. The van der Waals surface area contributed by atoms with Gasteiger partial charge < -0.3 is 15.4 Å². The fourth-order valence-corrected chi connectivity index (χ4v) is 2.32. The van der Waals surface area contributed by atoms with Crippen molar-refractivity contribution in [2.75, 3.05) is 18.5 Å². The lowest BCUT2D eigenvalue weighted by Gasteiger charge is -2.08. The highest BCUT2D eigenvalue weighted by Gasteiger charge is 2.17. The third-order valence-corrected chi connectivity index (χ3v) is 3.66. The molecule has 2 rings (SSSR count). The van der Waals surface area contributed by atoms with Gasteiger partial charge >= 0.3 is 5.97 Å². The van der Waals surface area contributed by atoms with Crippen LogP contribution in [-0.4, -0.2) is 35.9 Å². The molecule has 0 spiro atoms. The van der Waals surface area contributed by atoms with Crippen LogP contribution < -0.4 is 10.6 Å². The summed E-state index contributed by atoms with van der Waals surface area (Å²) in [6.45, 7) is 2.47. The molecule has 0 unspecified atom stereocenters. The Balaban J connectivity index is 1.82. The Labute approximate surface area is 160 Å². The van der Waals surface area contributed by atoms with Crippen molar-refractivity contribution in [2.24, 2.45) is 0 Å². The second-order valence-electron chi connectivity index (χ2n) is 6.04. The van der Waals surface area contributed by atoms with Gasteiger partial charge in [-0.1, -0.05) is 23.8 Å². The van der Waals surface area contributed by atoms with Gasteiger partial charge in [0.15, 0.2) is 6.61 Å². The molecule has 0 aliphatic rings. The number of benzene rings is 2. The van der Waals surface area contributed by atoms with Gasteiger partial charge in [-0.15, -0.1) is 0 Å². The van der Waals surface area contributed by atoms with Crippen LogP contribution in [0.3, 0.4) is 0 Å². The number of hydrogen-bond acceptors (Lipinski definition) is 6. The van der Waals surface area contributed by atoms with E-state index in [1.807, 2.05) is 13.0 Å². The normalized spacial score (nSPS) is 10.1. The van der Waals surface area contributed by atoms with Gasteiger partial charge in [0, 0.05) is 11.6 Å². The Hall–Kier alpha value is -3.75. The van der Waals surface area contributed by atoms with Crippen LogP contribution in [0.25, 0.3) is 0 Å². The maximum Gasteiger partial charge on any atom is 0.325 e. The Bertz CT molecular complexity index is 926. The summed E-state index contributed by atoms with van der Waals surface area (Å²) < 4.78 is 4.77. The number of anilines is 1. The first-order valence-corrected chi connectivity index (χ1v) is 8.31. The number of hydrogen-bond donors (Lipinski definition) is 2. The van der Waals surface area contributed by atoms with E-state index < -0.39 is 35.9 Å². The predicted molar refractivity (Wildman–Crippen MR) is 101 cm³/mol. The van der Waals surface area contributed by atoms with E-state index in [0.717, 1.165) is 5.56 Å². The molecule has 9 nitrogen and oxygen atoms in total. The number of esters is 1. The molecule has 2 aromatic carbocycles. The summed E-state index contributed by atoms with van der Waals surface area (Å²) in [4.78, 5) is 45.9. The van der Waals surface area contributed by atoms with Gasteiger partial charge in [-0.05, 0) is 37.6 Å². The lowest BCUT2D eigenvalue weighted by molar-refractivity contribution is -0.384. The zero-order valence-corrected chi connectivity index (χ0v) is 15.4. The molecule has 0 fully saturated rings. The Morgan fingerprint density at radius 2 is 1.79 bits per heavy atom. The summed E-state index contributed by atoms with van der Waals surface area (Å²) >= 11 is 0. The molecule has 0 heterocycles. The van der Waals surface area contributed by atoms with E-state index in [2.05, 4.69) is 10.6 Å². The van der Waals surface area contributed by atoms with Gasteiger partial charge in [-0.3, -0.25) is 24.5 Å². The van der Waals surface area contributed by atoms with Crippen LogP contribution in [0.15, 0.2) is 42.5 Å². The molecule has 0 saturated heterocycles. The van der Waals surface area contributed by atoms with E-state index in [-0.39, 0.29) is 11.4 Å². The molecule has 0 aliphatic carbocycles. The molecular weight excluding hydrogens is 366 g/mol. The number of nitrogens with one attached hydrogen (secondary N) is 2. The Morgan fingerprint density at radius 1 is 1.07 bits per heavy atom. The lowest BCUT2D eigenvalue weighted by atomic mass is 10.1. The number of aryl methyl sites for hydroxylation is 2. The van der Waals surface area contributed by atoms with Gasteiger partial charge in [0.2, 0.25) is 0 Å². The average molecular weight is 385 g/mol. The number of amides is 2. The predicted octanol–water partition coefficient (Wildman–Crippen LogP) is 2.12. The number of nitro groups is 1. The lowest BCUT2D eigenvalue weighted by Crippen LogP contribution is -2.32. The number of carbonyl (C=O) groups excluding carboxylic acids is 3. The van der Waals surface area contributed by atoms with Crippen molar-refractivity contribution < 1.29 is 24.0 Å². The van der Waals surface area contributed by atoms with Crippen molar-refractivity contribution in [2.45, 2.75) is 13.8 Å². The first-order chi connectivity index (χ1) is 13.3. The number of carbonyl (C=O) groups is 3. The molecule has 146 valence electrons. The molecule has 0 atom stereocenters. The van der Waals surface area contributed by atoms with Gasteiger partial charge in [0.05, 0.1) is 4.92 Å². The number of ether oxygens (including phenoxy) is 1. The van der Waals surface area contributed by atoms with Crippen LogP contribution >= 0.6 is 0 Å². The number of nitrogens with zero attached hydrogens (tertiary/aromatic N) is 1. The zero-order chi connectivity index (χ0) is 20.7. The highest BCUT2D eigenvalue weighted by atomic mass is 16.6. The molecule has 9 heteroatoms. The van der Waals surface area contributed by atoms with Crippen LogP contribution in [0.4, 0.5) is 11.4 Å². The SMILES string of the molecule is Cc1cccc(C(=O)NCC(=O)OCC(=O)Nc2ccc(C)cc2[N+](=O)[O-])c1. The number of rotatable bonds is 7. The summed E-state index contributed by atoms with van der Waals surface area (Å²) in [7, 11) is 0. The molecule has 2 N–H and O–H groups in total. The third kappa shape index (κ3) is 5.90. The second kappa shape index (κ2) is 9.26. The van der Waals surface area contributed by atoms with Crippen molar-refractivity contribution >= 4 is 29.2 Å². The standard InChI is InChI=1S/C19H19N3O6/c1-12-4-3-5-14(8-12)19(25)20-10-18(24)28-11-17(23)21-15-7-6-13(2)9-16(15)22(26)27/h3-9H,10-11H2,1-2H3,(H,20,25)(H,21,23). The maximum atomic E-state index is 11.9. The monoisotopic (exact) mass is 385 g/mol. The fraction of sp³-hybridized carbons (Fsp3) is 0.211. The summed E-state index contributed by atoms with van der Waals surface area (Å²) in [5.74, 6) is -1.99. The largest absolute Gasteiger partial charge is 0.454 e. The van der Waals surface area contributed by atoms with Crippen molar-refractivity contribution in [3.05, 3.63) is 69.3 Å². The van der Waals surface area contributed by atoms with Gasteiger partial charge in [0.1, 0.15) is 12.2 Å². The van der Waals surface area contributed by atoms with Gasteiger partial charge in [-0.25, -0.2) is 0 Å². The minimum absolute atomic E-state index is 0.00407. The van der Waals surface area contributed by atoms with Gasteiger partial charge in [-0.2, -0.15) is 0 Å². The van der Waals surface area contributed by atoms with Crippen LogP contribution in [0.2, 0.25) is 0 Å². The van der Waals surface area contributed by atoms with E-state index in [1.165, 1.54) is 12.1 Å². The van der Waals surface area contributed by atoms with Crippen LogP contribution in [0, 0.1) is 24.0 Å². The fourth-order valence-electron chi connectivity index (χ4n) is 2.32. The zero-order valence-electron chi connectivity index (χ0n) is 15.4. The van der Waals surface area contributed by atoms with Crippen LogP contribution in [-0.2, 0) is 14.3 Å². The first-order valence-electron chi connectivity index (χ1n) is 8.31. The second-order valence-corrected chi connectivity index (χ2v) is 6.04. The van der Waals surface area contributed by atoms with E-state index in [1.54, 1.807) is 31.2 Å². The number of nitro benzene ring substituents is 1. The molecule has 0 aromatic heterocycles. The van der Waals surface area contributed by atoms with Crippen molar-refractivity contribution in [1.29, 1.82) is 0 Å². The summed E-state index contributed by atoms with van der Waals surface area (Å²) in [6, 6.07) is 11.2. The molecule has 2 amide bonds. The average Bonchev–Trinajstić information content (AvgIpc) is 2.65. The third-order valence-electron chi connectivity index (χ3n) is 3.66. The Kier molecular flexibility index (Phi) is 6.80. The van der Waals surface area contributed by atoms with Crippen molar-refractivity contribution in [3.8, 4) is 0 Å². The maximum absolute atomic E-state index is 11.9. The minimum atomic E-state index is -0.811. The molecular formula is C19H19N3O6. The van der Waals surface area contributed by atoms with E-state index >= 15 is 0 Å². The molecule has 0 bridgehead atoms. The molecule has 28 heavy (non-hydrogen) atoms. The Morgan fingerprint density at radius 3 is 2.46 bits per heavy atom. The topological polar surface area (TPSA) is 128 Å². The first kappa shape index (κ1) is 20.6. The van der Waals surface area contributed by atoms with Crippen LogP contribution in [0.1, 0.15) is 21.5 Å².